The molecule has 0 spiro atoms. The molecule has 1 rings (SSSR count). The van der Waals surface area contributed by atoms with Gasteiger partial charge in [-0.15, -0.1) is 0 Å². The third-order valence-corrected chi connectivity index (χ3v) is 2.86. The molecule has 1 aliphatic rings. The average Bonchev–Trinajstić information content (AvgIpc) is 2.38. The fraction of sp³-hybridized carbons (Fsp3) is 0.917. The highest BCUT2D eigenvalue weighted by Crippen LogP contribution is 2.22. The van der Waals surface area contributed by atoms with Gasteiger partial charge in [-0.3, -0.25) is 4.79 Å². The summed E-state index contributed by atoms with van der Waals surface area (Å²) in [5.74, 6) is -0.396. The summed E-state index contributed by atoms with van der Waals surface area (Å²) in [6.07, 6.45) is -5.09. The molecule has 1 fully saturated rings. The number of aliphatic hydroxyl groups is 3. The van der Waals surface area contributed by atoms with Crippen LogP contribution >= 0.6 is 0 Å². The predicted molar refractivity (Wildman–Crippen MR) is 64.2 cm³/mol. The number of carbonyl (C=O) groups is 1. The first-order valence-corrected chi connectivity index (χ1v) is 6.48. The molecule has 0 amide bonds. The lowest BCUT2D eigenvalue weighted by atomic mass is 9.99. The summed E-state index contributed by atoms with van der Waals surface area (Å²) >= 11 is 0. The van der Waals surface area contributed by atoms with Crippen molar-refractivity contribution in [3.8, 4) is 0 Å². The van der Waals surface area contributed by atoms with Gasteiger partial charge in [0.25, 0.3) is 0 Å². The number of hydrogen-bond acceptors (Lipinski definition) is 7. The second-order valence-corrected chi connectivity index (χ2v) is 4.40. The van der Waals surface area contributed by atoms with Gasteiger partial charge in [0, 0.05) is 13.0 Å². The molecule has 0 aromatic rings. The lowest BCUT2D eigenvalue weighted by Crippen LogP contribution is -2.59. The first-order valence-electron chi connectivity index (χ1n) is 6.48. The Bertz CT molecular complexity index is 283. The normalized spacial score (nSPS) is 35.1. The summed E-state index contributed by atoms with van der Waals surface area (Å²) in [6.45, 7) is 3.66. The van der Waals surface area contributed by atoms with E-state index in [1.807, 2.05) is 6.92 Å². The summed E-state index contributed by atoms with van der Waals surface area (Å²) in [5.41, 5.74) is 0. The number of rotatable bonds is 6. The van der Waals surface area contributed by atoms with Gasteiger partial charge in [-0.1, -0.05) is 6.92 Å². The highest BCUT2D eigenvalue weighted by atomic mass is 16.7. The van der Waals surface area contributed by atoms with Gasteiger partial charge in [0.2, 0.25) is 0 Å². The lowest BCUT2D eigenvalue weighted by molar-refractivity contribution is -0.300. The molecule has 0 aromatic heterocycles. The zero-order chi connectivity index (χ0) is 14.4. The van der Waals surface area contributed by atoms with Crippen molar-refractivity contribution < 1.29 is 34.3 Å². The Balaban J connectivity index is 2.54. The molecule has 0 aromatic carbocycles. The Morgan fingerprint density at radius 2 is 1.84 bits per heavy atom. The van der Waals surface area contributed by atoms with Gasteiger partial charge in [0.1, 0.15) is 31.0 Å². The van der Waals surface area contributed by atoms with Gasteiger partial charge in [-0.05, 0) is 13.3 Å². The SMILES string of the molecule is CCCC(=O)OC[C@H]1O[C@H](OCC)[C@H](O)[C@@H](O)[C@@H]1O. The standard InChI is InChI=1S/C12H22O7/c1-3-5-8(13)18-6-7-9(14)10(15)11(16)12(19-7)17-4-2/h7,9-12,14-16H,3-6H2,1-2H3/t7-,9-,10+,11-,12+/m1/s1. The maximum atomic E-state index is 11.2. The quantitative estimate of drug-likeness (QED) is 0.545. The van der Waals surface area contributed by atoms with E-state index in [0.29, 0.717) is 6.42 Å². The van der Waals surface area contributed by atoms with E-state index in [-0.39, 0.29) is 19.6 Å². The van der Waals surface area contributed by atoms with E-state index in [9.17, 15) is 20.1 Å². The van der Waals surface area contributed by atoms with Gasteiger partial charge in [0.05, 0.1) is 0 Å². The first-order chi connectivity index (χ1) is 9.01. The van der Waals surface area contributed by atoms with Crippen LogP contribution in [0.4, 0.5) is 0 Å². The van der Waals surface area contributed by atoms with Crippen LogP contribution in [0.3, 0.4) is 0 Å². The van der Waals surface area contributed by atoms with Gasteiger partial charge in [-0.2, -0.15) is 0 Å². The summed E-state index contributed by atoms with van der Waals surface area (Å²) in [5, 5.41) is 29.1. The highest BCUT2D eigenvalue weighted by Gasteiger charge is 2.44. The number of ether oxygens (including phenoxy) is 3. The van der Waals surface area contributed by atoms with Crippen molar-refractivity contribution in [1.82, 2.24) is 0 Å². The van der Waals surface area contributed by atoms with E-state index < -0.39 is 36.7 Å². The molecule has 5 atom stereocenters. The minimum Gasteiger partial charge on any atom is -0.463 e. The minimum atomic E-state index is -1.40. The summed E-state index contributed by atoms with van der Waals surface area (Å²) in [6, 6.07) is 0. The Morgan fingerprint density at radius 1 is 1.16 bits per heavy atom. The number of carbonyl (C=O) groups excluding carboxylic acids is 1. The highest BCUT2D eigenvalue weighted by molar-refractivity contribution is 5.69. The fourth-order valence-corrected chi connectivity index (χ4v) is 1.81. The molecule has 0 saturated carbocycles. The minimum absolute atomic E-state index is 0.187. The van der Waals surface area contributed by atoms with Crippen LogP contribution in [0.25, 0.3) is 0 Å². The van der Waals surface area contributed by atoms with E-state index >= 15 is 0 Å². The number of aliphatic hydroxyl groups excluding tert-OH is 3. The van der Waals surface area contributed by atoms with Crippen molar-refractivity contribution in [2.45, 2.75) is 57.4 Å². The molecule has 1 saturated heterocycles. The van der Waals surface area contributed by atoms with E-state index in [1.165, 1.54) is 0 Å². The zero-order valence-corrected chi connectivity index (χ0v) is 11.2. The maximum absolute atomic E-state index is 11.2. The molecule has 0 aliphatic carbocycles. The molecule has 0 unspecified atom stereocenters. The largest absolute Gasteiger partial charge is 0.463 e. The van der Waals surface area contributed by atoms with Crippen molar-refractivity contribution in [2.24, 2.45) is 0 Å². The molecular weight excluding hydrogens is 256 g/mol. The van der Waals surface area contributed by atoms with Crippen LogP contribution in [0.15, 0.2) is 0 Å². The van der Waals surface area contributed by atoms with Crippen LogP contribution in [0.2, 0.25) is 0 Å². The number of hydrogen-bond donors (Lipinski definition) is 3. The van der Waals surface area contributed by atoms with E-state index in [0.717, 1.165) is 0 Å². The van der Waals surface area contributed by atoms with Crippen LogP contribution in [-0.2, 0) is 19.0 Å². The second-order valence-electron chi connectivity index (χ2n) is 4.40. The number of esters is 1. The van der Waals surface area contributed by atoms with Crippen molar-refractivity contribution in [3.05, 3.63) is 0 Å². The molecule has 7 heteroatoms. The molecular formula is C12H22O7. The Morgan fingerprint density at radius 3 is 2.42 bits per heavy atom. The van der Waals surface area contributed by atoms with Crippen LogP contribution < -0.4 is 0 Å². The van der Waals surface area contributed by atoms with E-state index in [1.54, 1.807) is 6.92 Å². The molecule has 3 N–H and O–H groups in total. The second kappa shape index (κ2) is 7.76. The van der Waals surface area contributed by atoms with Crippen LogP contribution in [0.5, 0.6) is 0 Å². The summed E-state index contributed by atoms with van der Waals surface area (Å²) in [7, 11) is 0. The fourth-order valence-electron chi connectivity index (χ4n) is 1.81. The summed E-state index contributed by atoms with van der Waals surface area (Å²) < 4.78 is 15.3. The average molecular weight is 278 g/mol. The Hall–Kier alpha value is -0.730. The molecule has 0 radical (unpaired) electrons. The third kappa shape index (κ3) is 4.39. The van der Waals surface area contributed by atoms with Crippen molar-refractivity contribution in [2.75, 3.05) is 13.2 Å². The topological polar surface area (TPSA) is 105 Å². The molecule has 7 nitrogen and oxygen atoms in total. The zero-order valence-electron chi connectivity index (χ0n) is 11.2. The van der Waals surface area contributed by atoms with Gasteiger partial charge in [0.15, 0.2) is 6.29 Å². The molecule has 1 heterocycles. The Kier molecular flexibility index (Phi) is 6.67. The lowest BCUT2D eigenvalue weighted by Gasteiger charge is -2.39. The Labute approximate surface area is 112 Å². The molecule has 19 heavy (non-hydrogen) atoms. The van der Waals surface area contributed by atoms with Crippen molar-refractivity contribution >= 4 is 5.97 Å². The third-order valence-electron chi connectivity index (χ3n) is 2.86. The van der Waals surface area contributed by atoms with Crippen LogP contribution in [0, 0.1) is 0 Å². The molecule has 112 valence electrons. The van der Waals surface area contributed by atoms with E-state index in [2.05, 4.69) is 0 Å². The van der Waals surface area contributed by atoms with Crippen LogP contribution in [-0.4, -0.2) is 65.2 Å². The summed E-state index contributed by atoms with van der Waals surface area (Å²) in [4.78, 5) is 11.2. The predicted octanol–water partition coefficient (Wildman–Crippen LogP) is -0.826. The van der Waals surface area contributed by atoms with Crippen molar-refractivity contribution in [1.29, 1.82) is 0 Å². The van der Waals surface area contributed by atoms with Gasteiger partial charge >= 0.3 is 5.97 Å². The van der Waals surface area contributed by atoms with Crippen LogP contribution in [0.1, 0.15) is 26.7 Å². The van der Waals surface area contributed by atoms with Gasteiger partial charge in [-0.25, -0.2) is 0 Å². The smallest absolute Gasteiger partial charge is 0.305 e. The molecule has 1 aliphatic heterocycles. The molecule has 0 bridgehead atoms. The first kappa shape index (κ1) is 16.3. The van der Waals surface area contributed by atoms with Crippen molar-refractivity contribution in [3.63, 3.8) is 0 Å². The maximum Gasteiger partial charge on any atom is 0.305 e. The monoisotopic (exact) mass is 278 g/mol. The van der Waals surface area contributed by atoms with E-state index in [4.69, 9.17) is 14.2 Å². The van der Waals surface area contributed by atoms with Gasteiger partial charge < -0.3 is 29.5 Å².